The van der Waals surface area contributed by atoms with E-state index in [1.807, 2.05) is 60.8 Å². The van der Waals surface area contributed by atoms with E-state index in [0.717, 1.165) is 27.6 Å². The number of carbonyl (C=O) groups excluding carboxylic acids is 1. The van der Waals surface area contributed by atoms with Crippen LogP contribution in [-0.2, 0) is 5.41 Å². The number of anilines is 2. The van der Waals surface area contributed by atoms with Gasteiger partial charge >= 0.3 is 6.03 Å². The van der Waals surface area contributed by atoms with E-state index in [2.05, 4.69) is 36.4 Å². The molecule has 2 amide bonds. The maximum atomic E-state index is 12.2. The molecule has 1 aromatic heterocycles. The molecule has 3 rings (SSSR count). The van der Waals surface area contributed by atoms with Gasteiger partial charge in [0.05, 0.1) is 10.7 Å². The van der Waals surface area contributed by atoms with Crippen molar-refractivity contribution >= 4 is 28.7 Å². The number of amides is 2. The highest BCUT2D eigenvalue weighted by Gasteiger charge is 2.13. The number of hydrogen-bond acceptors (Lipinski definition) is 3. The molecule has 0 radical (unpaired) electrons. The molecule has 4 nitrogen and oxygen atoms in total. The fraction of sp³-hybridized carbons (Fsp3) is 0.238. The second-order valence-corrected chi connectivity index (χ2v) is 8.30. The Kier molecular flexibility index (Phi) is 5.09. The van der Waals surface area contributed by atoms with Crippen LogP contribution >= 0.6 is 11.3 Å². The molecule has 2 N–H and O–H groups in total. The lowest BCUT2D eigenvalue weighted by Gasteiger charge is -2.19. The van der Waals surface area contributed by atoms with Crippen molar-refractivity contribution in [1.29, 1.82) is 0 Å². The van der Waals surface area contributed by atoms with Gasteiger partial charge in [0.15, 0.2) is 0 Å². The van der Waals surface area contributed by atoms with Crippen LogP contribution in [0.15, 0.2) is 53.9 Å². The summed E-state index contributed by atoms with van der Waals surface area (Å²) in [7, 11) is 0. The van der Waals surface area contributed by atoms with E-state index >= 15 is 0 Å². The molecule has 2 aromatic carbocycles. The summed E-state index contributed by atoms with van der Waals surface area (Å²) in [6.45, 7) is 8.48. The minimum atomic E-state index is -0.259. The number of urea groups is 1. The normalized spacial score (nSPS) is 11.2. The molecule has 0 saturated heterocycles. The third-order valence-corrected chi connectivity index (χ3v) is 4.84. The standard InChI is InChI=1S/C21H23N3OS/c1-14-22-19(13-26-14)15-5-9-17(10-6-15)23-20(25)24-18-11-7-16(8-12-18)21(2,3)4/h5-13H,1-4H3,(H2,23,24,25). The summed E-state index contributed by atoms with van der Waals surface area (Å²) in [6.07, 6.45) is 0. The monoisotopic (exact) mass is 365 g/mol. The third kappa shape index (κ3) is 4.49. The smallest absolute Gasteiger partial charge is 0.308 e. The summed E-state index contributed by atoms with van der Waals surface area (Å²) in [5, 5.41) is 8.78. The van der Waals surface area contributed by atoms with Crippen molar-refractivity contribution in [1.82, 2.24) is 4.98 Å². The van der Waals surface area contributed by atoms with Crippen LogP contribution in [0.2, 0.25) is 0 Å². The fourth-order valence-electron chi connectivity index (χ4n) is 2.57. The van der Waals surface area contributed by atoms with Gasteiger partial charge in [-0.15, -0.1) is 11.3 Å². The van der Waals surface area contributed by atoms with E-state index in [1.54, 1.807) is 11.3 Å². The number of aromatic nitrogens is 1. The van der Waals surface area contributed by atoms with E-state index in [4.69, 9.17) is 0 Å². The molecule has 1 heterocycles. The lowest BCUT2D eigenvalue weighted by Crippen LogP contribution is -2.19. The molecule has 3 aromatic rings. The van der Waals surface area contributed by atoms with Crippen LogP contribution in [0.5, 0.6) is 0 Å². The van der Waals surface area contributed by atoms with Crippen molar-refractivity contribution in [3.8, 4) is 11.3 Å². The molecule has 0 aliphatic heterocycles. The molecule has 0 aliphatic carbocycles. The van der Waals surface area contributed by atoms with Gasteiger partial charge in [0.25, 0.3) is 0 Å². The number of hydrogen-bond donors (Lipinski definition) is 2. The Bertz CT molecular complexity index is 890. The highest BCUT2D eigenvalue weighted by atomic mass is 32.1. The van der Waals surface area contributed by atoms with Gasteiger partial charge in [0.1, 0.15) is 0 Å². The minimum Gasteiger partial charge on any atom is -0.308 e. The SMILES string of the molecule is Cc1nc(-c2ccc(NC(=O)Nc3ccc(C(C)(C)C)cc3)cc2)cs1. The predicted octanol–water partition coefficient (Wildman–Crippen LogP) is 6.06. The summed E-state index contributed by atoms with van der Waals surface area (Å²) in [5.41, 5.74) is 4.84. The van der Waals surface area contributed by atoms with Crippen molar-refractivity contribution in [2.45, 2.75) is 33.1 Å². The maximum Gasteiger partial charge on any atom is 0.323 e. The van der Waals surface area contributed by atoms with Crippen LogP contribution in [0.3, 0.4) is 0 Å². The molecule has 0 spiro atoms. The molecule has 0 unspecified atom stereocenters. The van der Waals surface area contributed by atoms with Crippen molar-refractivity contribution < 1.29 is 4.79 Å². The van der Waals surface area contributed by atoms with Gasteiger partial charge in [-0.25, -0.2) is 9.78 Å². The van der Waals surface area contributed by atoms with Gasteiger partial charge in [0, 0.05) is 22.3 Å². The van der Waals surface area contributed by atoms with E-state index in [0.29, 0.717) is 0 Å². The zero-order valence-corrected chi connectivity index (χ0v) is 16.3. The molecule has 26 heavy (non-hydrogen) atoms. The number of aryl methyl sites for hydroxylation is 1. The second-order valence-electron chi connectivity index (χ2n) is 7.24. The van der Waals surface area contributed by atoms with Crippen LogP contribution in [0.1, 0.15) is 31.3 Å². The zero-order valence-electron chi connectivity index (χ0n) is 15.5. The van der Waals surface area contributed by atoms with E-state index in [1.165, 1.54) is 5.56 Å². The first-order valence-corrected chi connectivity index (χ1v) is 9.40. The van der Waals surface area contributed by atoms with E-state index in [9.17, 15) is 4.79 Å². The molecular formula is C21H23N3OS. The number of nitrogens with zero attached hydrogens (tertiary/aromatic N) is 1. The quantitative estimate of drug-likeness (QED) is 0.593. The second kappa shape index (κ2) is 7.30. The summed E-state index contributed by atoms with van der Waals surface area (Å²) in [4.78, 5) is 16.7. The number of rotatable bonds is 3. The molecule has 0 atom stereocenters. The Hall–Kier alpha value is -2.66. The first kappa shape index (κ1) is 18.1. The Morgan fingerprint density at radius 1 is 0.923 bits per heavy atom. The largest absolute Gasteiger partial charge is 0.323 e. The van der Waals surface area contributed by atoms with Crippen LogP contribution in [0, 0.1) is 6.92 Å². The average Bonchev–Trinajstić information content (AvgIpc) is 3.01. The Labute approximate surface area is 158 Å². The maximum absolute atomic E-state index is 12.2. The first-order valence-electron chi connectivity index (χ1n) is 8.52. The van der Waals surface area contributed by atoms with Gasteiger partial charge in [-0.3, -0.25) is 0 Å². The minimum absolute atomic E-state index is 0.0956. The van der Waals surface area contributed by atoms with Gasteiger partial charge in [-0.05, 0) is 42.2 Å². The summed E-state index contributed by atoms with van der Waals surface area (Å²) >= 11 is 1.63. The average molecular weight is 366 g/mol. The molecule has 134 valence electrons. The van der Waals surface area contributed by atoms with Gasteiger partial charge in [-0.1, -0.05) is 45.0 Å². The van der Waals surface area contributed by atoms with Crippen LogP contribution < -0.4 is 10.6 Å². The van der Waals surface area contributed by atoms with Crippen molar-refractivity contribution in [3.63, 3.8) is 0 Å². The highest BCUT2D eigenvalue weighted by molar-refractivity contribution is 7.09. The predicted molar refractivity (Wildman–Crippen MR) is 110 cm³/mol. The van der Waals surface area contributed by atoms with Crippen LogP contribution in [0.25, 0.3) is 11.3 Å². The van der Waals surface area contributed by atoms with Crippen LogP contribution in [0.4, 0.5) is 16.2 Å². The molecule has 0 fully saturated rings. The molecule has 0 saturated carbocycles. The number of benzene rings is 2. The molecule has 0 bridgehead atoms. The van der Waals surface area contributed by atoms with Crippen molar-refractivity contribution in [2.75, 3.05) is 10.6 Å². The van der Waals surface area contributed by atoms with Gasteiger partial charge in [-0.2, -0.15) is 0 Å². The summed E-state index contributed by atoms with van der Waals surface area (Å²) in [6, 6.07) is 15.4. The van der Waals surface area contributed by atoms with Crippen molar-refractivity contribution in [3.05, 3.63) is 64.5 Å². The third-order valence-electron chi connectivity index (χ3n) is 4.07. The lowest BCUT2D eigenvalue weighted by molar-refractivity contribution is 0.262. The van der Waals surface area contributed by atoms with Crippen LogP contribution in [-0.4, -0.2) is 11.0 Å². The fourth-order valence-corrected chi connectivity index (χ4v) is 3.19. The Balaban J connectivity index is 1.61. The Morgan fingerprint density at radius 2 is 1.46 bits per heavy atom. The van der Waals surface area contributed by atoms with E-state index < -0.39 is 0 Å². The van der Waals surface area contributed by atoms with E-state index in [-0.39, 0.29) is 11.4 Å². The number of carbonyl (C=O) groups is 1. The van der Waals surface area contributed by atoms with Gasteiger partial charge in [0.2, 0.25) is 0 Å². The number of thiazole rings is 1. The van der Waals surface area contributed by atoms with Gasteiger partial charge < -0.3 is 10.6 Å². The van der Waals surface area contributed by atoms with Crippen molar-refractivity contribution in [2.24, 2.45) is 0 Å². The molecule has 0 aliphatic rings. The summed E-state index contributed by atoms with van der Waals surface area (Å²) < 4.78 is 0. The molecular weight excluding hydrogens is 342 g/mol. The Morgan fingerprint density at radius 3 is 1.92 bits per heavy atom. The first-order chi connectivity index (χ1) is 12.3. The number of nitrogens with one attached hydrogen (secondary N) is 2. The lowest BCUT2D eigenvalue weighted by atomic mass is 9.87. The topological polar surface area (TPSA) is 54.0 Å². The summed E-state index contributed by atoms with van der Waals surface area (Å²) in [5.74, 6) is 0. The zero-order chi connectivity index (χ0) is 18.7. The highest BCUT2D eigenvalue weighted by Crippen LogP contribution is 2.24. The molecule has 5 heteroatoms.